The molecular formula is C16H18ClN3O. The summed E-state index contributed by atoms with van der Waals surface area (Å²) in [5.41, 5.74) is 4.01. The number of carbonyl (C=O) groups excluding carboxylic acids is 1. The van der Waals surface area contributed by atoms with E-state index in [-0.39, 0.29) is 11.7 Å². The molecule has 0 fully saturated rings. The minimum absolute atomic E-state index is 0.106. The molecule has 3 rings (SSSR count). The smallest absolute Gasteiger partial charge is 0.146 e. The lowest BCUT2D eigenvalue weighted by molar-refractivity contribution is -0.119. The molecule has 1 N–H and O–H groups in total. The molecule has 0 spiro atoms. The average molecular weight is 304 g/mol. The summed E-state index contributed by atoms with van der Waals surface area (Å²) in [6, 6.07) is 8.13. The first-order valence-electron chi connectivity index (χ1n) is 7.07. The molecule has 1 aliphatic heterocycles. The fraction of sp³-hybridized carbons (Fsp3) is 0.375. The molecule has 1 aliphatic rings. The van der Waals surface area contributed by atoms with Gasteiger partial charge in [-0.05, 0) is 18.1 Å². The minimum Gasteiger partial charge on any atom is -0.312 e. The highest BCUT2D eigenvalue weighted by molar-refractivity contribution is 6.30. The van der Waals surface area contributed by atoms with Crippen molar-refractivity contribution in [3.8, 4) is 0 Å². The van der Waals surface area contributed by atoms with Crippen LogP contribution in [0.2, 0.25) is 5.15 Å². The quantitative estimate of drug-likeness (QED) is 0.947. The molecule has 4 nitrogen and oxygen atoms in total. The van der Waals surface area contributed by atoms with Gasteiger partial charge in [-0.1, -0.05) is 35.9 Å². The van der Waals surface area contributed by atoms with Crippen LogP contribution in [0.3, 0.4) is 0 Å². The van der Waals surface area contributed by atoms with Gasteiger partial charge in [-0.2, -0.15) is 5.10 Å². The molecule has 0 saturated carbocycles. The number of nitrogens with zero attached hydrogens (tertiary/aromatic N) is 2. The lowest BCUT2D eigenvalue weighted by Crippen LogP contribution is -2.33. The van der Waals surface area contributed by atoms with Crippen molar-refractivity contribution in [2.24, 2.45) is 7.05 Å². The summed E-state index contributed by atoms with van der Waals surface area (Å²) < 4.78 is 1.62. The normalized spacial score (nSPS) is 17.6. The third-order valence-electron chi connectivity index (χ3n) is 4.10. The maximum absolute atomic E-state index is 12.7. The Hall–Kier alpha value is -1.65. The average Bonchev–Trinajstić information content (AvgIpc) is 2.73. The number of aryl methyl sites for hydroxylation is 2. The third kappa shape index (κ3) is 2.61. The van der Waals surface area contributed by atoms with Crippen molar-refractivity contribution in [3.63, 3.8) is 0 Å². The van der Waals surface area contributed by atoms with Gasteiger partial charge < -0.3 is 5.32 Å². The Morgan fingerprint density at radius 3 is 2.95 bits per heavy atom. The SMILES string of the molecule is Cc1nn(C)c(Cl)c1CC(=O)C1CNCc2ccccc21. The van der Waals surface area contributed by atoms with Gasteiger partial charge in [0.15, 0.2) is 0 Å². The summed E-state index contributed by atoms with van der Waals surface area (Å²) in [7, 11) is 1.79. The fourth-order valence-corrected chi connectivity index (χ4v) is 3.20. The van der Waals surface area contributed by atoms with Gasteiger partial charge >= 0.3 is 0 Å². The summed E-state index contributed by atoms with van der Waals surface area (Å²) in [4.78, 5) is 12.7. The first-order valence-corrected chi connectivity index (χ1v) is 7.45. The van der Waals surface area contributed by atoms with Gasteiger partial charge in [0.2, 0.25) is 0 Å². The highest BCUT2D eigenvalue weighted by Gasteiger charge is 2.27. The second-order valence-electron chi connectivity index (χ2n) is 5.50. The maximum Gasteiger partial charge on any atom is 0.146 e. The standard InChI is InChI=1S/C16H18ClN3O/c1-10-13(16(17)20(2)19-10)7-15(21)14-9-18-8-11-5-3-4-6-12(11)14/h3-6,14,18H,7-9H2,1-2H3. The van der Waals surface area contributed by atoms with E-state index in [1.807, 2.05) is 19.1 Å². The molecule has 1 atom stereocenters. The van der Waals surface area contributed by atoms with Gasteiger partial charge in [-0.15, -0.1) is 0 Å². The molecule has 0 saturated heterocycles. The van der Waals surface area contributed by atoms with Crippen molar-refractivity contribution in [1.82, 2.24) is 15.1 Å². The lowest BCUT2D eigenvalue weighted by Gasteiger charge is -2.25. The van der Waals surface area contributed by atoms with E-state index < -0.39 is 0 Å². The van der Waals surface area contributed by atoms with Gasteiger partial charge in [0, 0.05) is 32.1 Å². The fourth-order valence-electron chi connectivity index (χ4n) is 2.96. The number of rotatable bonds is 3. The number of nitrogens with one attached hydrogen (secondary N) is 1. The molecule has 0 radical (unpaired) electrons. The summed E-state index contributed by atoms with van der Waals surface area (Å²) in [6.45, 7) is 3.40. The Labute approximate surface area is 129 Å². The van der Waals surface area contributed by atoms with E-state index in [1.165, 1.54) is 5.56 Å². The van der Waals surface area contributed by atoms with Crippen molar-refractivity contribution in [2.45, 2.75) is 25.8 Å². The van der Waals surface area contributed by atoms with Gasteiger partial charge in [0.1, 0.15) is 10.9 Å². The predicted molar refractivity (Wildman–Crippen MR) is 82.6 cm³/mol. The van der Waals surface area contributed by atoms with Crippen LogP contribution in [0.25, 0.3) is 0 Å². The summed E-state index contributed by atoms with van der Waals surface area (Å²) in [5.74, 6) is 0.0817. The number of fused-ring (bicyclic) bond motifs is 1. The van der Waals surface area contributed by atoms with Crippen LogP contribution in [0, 0.1) is 6.92 Å². The Kier molecular flexibility index (Phi) is 3.83. The van der Waals surface area contributed by atoms with Crippen LogP contribution in [0.5, 0.6) is 0 Å². The first kappa shape index (κ1) is 14.3. The number of benzene rings is 1. The number of Topliss-reactive ketones (excluding diaryl/α,β-unsaturated/α-hetero) is 1. The highest BCUT2D eigenvalue weighted by atomic mass is 35.5. The van der Waals surface area contributed by atoms with Gasteiger partial charge in [-0.25, -0.2) is 0 Å². The van der Waals surface area contributed by atoms with E-state index in [0.717, 1.165) is 23.4 Å². The van der Waals surface area contributed by atoms with E-state index in [2.05, 4.69) is 22.5 Å². The molecule has 1 aromatic carbocycles. The van der Waals surface area contributed by atoms with E-state index in [1.54, 1.807) is 11.7 Å². The minimum atomic E-state index is -0.106. The number of hydrogen-bond acceptors (Lipinski definition) is 3. The van der Waals surface area contributed by atoms with Crippen molar-refractivity contribution in [1.29, 1.82) is 0 Å². The van der Waals surface area contributed by atoms with Crippen LogP contribution >= 0.6 is 11.6 Å². The summed E-state index contributed by atoms with van der Waals surface area (Å²) in [6.07, 6.45) is 0.333. The summed E-state index contributed by atoms with van der Waals surface area (Å²) in [5, 5.41) is 8.14. The van der Waals surface area contributed by atoms with Crippen molar-refractivity contribution in [3.05, 3.63) is 51.8 Å². The zero-order valence-electron chi connectivity index (χ0n) is 12.2. The number of carbonyl (C=O) groups is 1. The van der Waals surface area contributed by atoms with E-state index in [9.17, 15) is 4.79 Å². The van der Waals surface area contributed by atoms with Gasteiger partial charge in [0.25, 0.3) is 0 Å². The topological polar surface area (TPSA) is 46.9 Å². The van der Waals surface area contributed by atoms with Crippen LogP contribution in [-0.2, 0) is 24.8 Å². The second-order valence-corrected chi connectivity index (χ2v) is 5.86. The van der Waals surface area contributed by atoms with Crippen LogP contribution in [-0.4, -0.2) is 22.1 Å². The zero-order chi connectivity index (χ0) is 15.0. The molecule has 21 heavy (non-hydrogen) atoms. The van der Waals surface area contributed by atoms with Crippen LogP contribution in [0.1, 0.15) is 28.3 Å². The third-order valence-corrected chi connectivity index (χ3v) is 4.58. The molecule has 110 valence electrons. The molecule has 0 aliphatic carbocycles. The monoisotopic (exact) mass is 303 g/mol. The molecule has 2 aromatic rings. The van der Waals surface area contributed by atoms with E-state index in [0.29, 0.717) is 18.1 Å². The molecule has 0 bridgehead atoms. The Morgan fingerprint density at radius 2 is 2.24 bits per heavy atom. The maximum atomic E-state index is 12.7. The molecule has 0 amide bonds. The first-order chi connectivity index (χ1) is 10.1. The number of halogens is 1. The second kappa shape index (κ2) is 5.62. The lowest BCUT2D eigenvalue weighted by atomic mass is 9.86. The number of aromatic nitrogens is 2. The Bertz CT molecular complexity index is 693. The largest absolute Gasteiger partial charge is 0.312 e. The number of ketones is 1. The zero-order valence-corrected chi connectivity index (χ0v) is 12.9. The molecule has 2 heterocycles. The van der Waals surface area contributed by atoms with E-state index >= 15 is 0 Å². The Morgan fingerprint density at radius 1 is 1.48 bits per heavy atom. The molecule has 1 aromatic heterocycles. The van der Waals surface area contributed by atoms with Gasteiger partial charge in [0.05, 0.1) is 11.6 Å². The van der Waals surface area contributed by atoms with Crippen molar-refractivity contribution >= 4 is 17.4 Å². The highest BCUT2D eigenvalue weighted by Crippen LogP contribution is 2.27. The molecule has 1 unspecified atom stereocenters. The van der Waals surface area contributed by atoms with E-state index in [4.69, 9.17) is 11.6 Å². The van der Waals surface area contributed by atoms with Crippen LogP contribution < -0.4 is 5.32 Å². The Balaban J connectivity index is 1.87. The van der Waals surface area contributed by atoms with Crippen LogP contribution in [0.4, 0.5) is 0 Å². The van der Waals surface area contributed by atoms with Gasteiger partial charge in [-0.3, -0.25) is 9.48 Å². The molecule has 5 heteroatoms. The van der Waals surface area contributed by atoms with Crippen molar-refractivity contribution in [2.75, 3.05) is 6.54 Å². The van der Waals surface area contributed by atoms with Crippen LogP contribution in [0.15, 0.2) is 24.3 Å². The van der Waals surface area contributed by atoms with Crippen molar-refractivity contribution < 1.29 is 4.79 Å². The molecular weight excluding hydrogens is 286 g/mol. The summed E-state index contributed by atoms with van der Waals surface area (Å²) >= 11 is 6.23. The predicted octanol–water partition coefficient (Wildman–Crippen LogP) is 2.38. The number of hydrogen-bond donors (Lipinski definition) is 1.